The minimum absolute atomic E-state index is 0.196. The molecule has 1 atom stereocenters. The third-order valence-corrected chi connectivity index (χ3v) is 3.52. The van der Waals surface area contributed by atoms with Crippen LogP contribution in [0.3, 0.4) is 0 Å². The van der Waals surface area contributed by atoms with Gasteiger partial charge >= 0.3 is 6.36 Å². The summed E-state index contributed by atoms with van der Waals surface area (Å²) in [6.07, 6.45) is -2.35. The molecular formula is C12H15F3N2OS. The number of ether oxygens (including phenoxy) is 1. The quantitative estimate of drug-likeness (QED) is 0.818. The largest absolute Gasteiger partial charge is 0.573 e. The Morgan fingerprint density at radius 1 is 1.42 bits per heavy atom. The van der Waals surface area contributed by atoms with Crippen LogP contribution < -0.4 is 14.8 Å². The van der Waals surface area contributed by atoms with Crippen molar-refractivity contribution in [2.75, 3.05) is 13.1 Å². The molecular weight excluding hydrogens is 277 g/mol. The van der Waals surface area contributed by atoms with Crippen LogP contribution in [0.2, 0.25) is 0 Å². The molecule has 2 rings (SSSR count). The lowest BCUT2D eigenvalue weighted by molar-refractivity contribution is -0.274. The predicted molar refractivity (Wildman–Crippen MR) is 68.0 cm³/mol. The SMILES string of the molecule is FC(F)(F)Oc1cccc(SNCC2CCCN2)c1. The van der Waals surface area contributed by atoms with Gasteiger partial charge in [-0.25, -0.2) is 0 Å². The molecule has 1 heterocycles. The summed E-state index contributed by atoms with van der Waals surface area (Å²) in [5.74, 6) is -0.196. The van der Waals surface area contributed by atoms with Crippen molar-refractivity contribution >= 4 is 11.9 Å². The van der Waals surface area contributed by atoms with E-state index < -0.39 is 6.36 Å². The van der Waals surface area contributed by atoms with Gasteiger partial charge in [-0.15, -0.1) is 13.2 Å². The zero-order chi connectivity index (χ0) is 13.7. The van der Waals surface area contributed by atoms with Gasteiger partial charge in [0.1, 0.15) is 5.75 Å². The third kappa shape index (κ3) is 5.30. The van der Waals surface area contributed by atoms with Gasteiger partial charge < -0.3 is 10.1 Å². The lowest BCUT2D eigenvalue weighted by Gasteiger charge is -2.12. The predicted octanol–water partition coefficient (Wildman–Crippen LogP) is 2.93. The Morgan fingerprint density at radius 2 is 2.26 bits per heavy atom. The number of nitrogens with one attached hydrogen (secondary N) is 2. The van der Waals surface area contributed by atoms with Crippen molar-refractivity contribution in [1.82, 2.24) is 10.0 Å². The van der Waals surface area contributed by atoms with Crippen molar-refractivity contribution in [1.29, 1.82) is 0 Å². The van der Waals surface area contributed by atoms with E-state index in [9.17, 15) is 13.2 Å². The molecule has 3 nitrogen and oxygen atoms in total. The van der Waals surface area contributed by atoms with E-state index in [1.807, 2.05) is 0 Å². The van der Waals surface area contributed by atoms with E-state index in [-0.39, 0.29) is 5.75 Å². The van der Waals surface area contributed by atoms with Crippen LogP contribution in [-0.4, -0.2) is 25.5 Å². The monoisotopic (exact) mass is 292 g/mol. The van der Waals surface area contributed by atoms with Gasteiger partial charge in [-0.2, -0.15) is 0 Å². The van der Waals surface area contributed by atoms with Crippen molar-refractivity contribution in [3.63, 3.8) is 0 Å². The molecule has 1 unspecified atom stereocenters. The standard InChI is InChI=1S/C12H15F3N2OS/c13-12(14,15)18-10-4-1-5-11(7-10)19-17-8-9-3-2-6-16-9/h1,4-5,7,9,16-17H,2-3,6,8H2. The van der Waals surface area contributed by atoms with Gasteiger partial charge in [0.25, 0.3) is 0 Å². The van der Waals surface area contributed by atoms with Crippen LogP contribution in [0.5, 0.6) is 5.75 Å². The van der Waals surface area contributed by atoms with Crippen LogP contribution >= 0.6 is 11.9 Å². The van der Waals surface area contributed by atoms with E-state index in [0.29, 0.717) is 10.9 Å². The van der Waals surface area contributed by atoms with Crippen LogP contribution in [0, 0.1) is 0 Å². The molecule has 0 radical (unpaired) electrons. The average molecular weight is 292 g/mol. The fourth-order valence-electron chi connectivity index (χ4n) is 1.89. The van der Waals surface area contributed by atoms with E-state index in [1.54, 1.807) is 12.1 Å². The number of alkyl halides is 3. The molecule has 7 heteroatoms. The Morgan fingerprint density at radius 3 is 2.95 bits per heavy atom. The summed E-state index contributed by atoms with van der Waals surface area (Å²) in [5.41, 5.74) is 0. The Bertz CT molecular complexity index is 408. The van der Waals surface area contributed by atoms with Crippen LogP contribution in [-0.2, 0) is 0 Å². The first-order chi connectivity index (χ1) is 9.03. The molecule has 0 spiro atoms. The molecule has 106 valence electrons. The summed E-state index contributed by atoms with van der Waals surface area (Å²) in [7, 11) is 0. The van der Waals surface area contributed by atoms with E-state index in [2.05, 4.69) is 14.8 Å². The summed E-state index contributed by atoms with van der Waals surface area (Å²) < 4.78 is 43.2. The second kappa shape index (κ2) is 6.49. The van der Waals surface area contributed by atoms with E-state index >= 15 is 0 Å². The summed E-state index contributed by atoms with van der Waals surface area (Å²) >= 11 is 1.31. The maximum Gasteiger partial charge on any atom is 0.573 e. The van der Waals surface area contributed by atoms with Crippen LogP contribution in [0.4, 0.5) is 13.2 Å². The smallest absolute Gasteiger partial charge is 0.406 e. The molecule has 0 saturated carbocycles. The fourth-order valence-corrected chi connectivity index (χ4v) is 2.66. The number of rotatable bonds is 5. The molecule has 0 amide bonds. The summed E-state index contributed by atoms with van der Waals surface area (Å²) in [4.78, 5) is 0.694. The van der Waals surface area contributed by atoms with Gasteiger partial charge in [0.2, 0.25) is 0 Å². The number of halogens is 3. The second-order valence-corrected chi connectivity index (χ2v) is 5.23. The van der Waals surface area contributed by atoms with Crippen LogP contribution in [0.1, 0.15) is 12.8 Å². The normalized spacial score (nSPS) is 19.6. The Balaban J connectivity index is 1.81. The zero-order valence-corrected chi connectivity index (χ0v) is 11.0. The maximum atomic E-state index is 12.1. The van der Waals surface area contributed by atoms with Crippen molar-refractivity contribution in [3.8, 4) is 5.75 Å². The Labute approximate surface area is 114 Å². The molecule has 19 heavy (non-hydrogen) atoms. The van der Waals surface area contributed by atoms with Crippen molar-refractivity contribution < 1.29 is 17.9 Å². The second-order valence-electron chi connectivity index (χ2n) is 4.27. The minimum Gasteiger partial charge on any atom is -0.406 e. The van der Waals surface area contributed by atoms with Gasteiger partial charge in [-0.3, -0.25) is 4.72 Å². The highest BCUT2D eigenvalue weighted by Crippen LogP contribution is 2.26. The molecule has 0 bridgehead atoms. The highest BCUT2D eigenvalue weighted by Gasteiger charge is 2.31. The summed E-state index contributed by atoms with van der Waals surface area (Å²) in [5, 5.41) is 3.34. The van der Waals surface area contributed by atoms with Gasteiger partial charge in [0.15, 0.2) is 0 Å². The van der Waals surface area contributed by atoms with Crippen molar-refractivity contribution in [2.45, 2.75) is 30.1 Å². The Kier molecular flexibility index (Phi) is 4.95. The lowest BCUT2D eigenvalue weighted by Crippen LogP contribution is -2.30. The lowest BCUT2D eigenvalue weighted by atomic mass is 10.2. The van der Waals surface area contributed by atoms with Gasteiger partial charge in [0.05, 0.1) is 0 Å². The Hall–Kier alpha value is -0.920. The minimum atomic E-state index is -4.65. The van der Waals surface area contributed by atoms with Crippen LogP contribution in [0.25, 0.3) is 0 Å². The zero-order valence-electron chi connectivity index (χ0n) is 10.2. The molecule has 1 aromatic carbocycles. The number of hydrogen-bond donors (Lipinski definition) is 2. The first-order valence-electron chi connectivity index (χ1n) is 6.02. The first-order valence-corrected chi connectivity index (χ1v) is 6.83. The van der Waals surface area contributed by atoms with Crippen LogP contribution in [0.15, 0.2) is 29.2 Å². The first kappa shape index (κ1) is 14.5. The van der Waals surface area contributed by atoms with Gasteiger partial charge in [-0.05, 0) is 49.5 Å². The highest BCUT2D eigenvalue weighted by atomic mass is 32.2. The van der Waals surface area contributed by atoms with E-state index in [4.69, 9.17) is 0 Å². The molecule has 1 fully saturated rings. The summed E-state index contributed by atoms with van der Waals surface area (Å²) in [6, 6.07) is 6.38. The fraction of sp³-hybridized carbons (Fsp3) is 0.500. The van der Waals surface area contributed by atoms with Crippen molar-refractivity contribution in [3.05, 3.63) is 24.3 Å². The average Bonchev–Trinajstić information content (AvgIpc) is 2.80. The van der Waals surface area contributed by atoms with E-state index in [1.165, 1.54) is 30.5 Å². The van der Waals surface area contributed by atoms with Crippen molar-refractivity contribution in [2.24, 2.45) is 0 Å². The third-order valence-electron chi connectivity index (χ3n) is 2.72. The molecule has 0 aromatic heterocycles. The molecule has 1 aliphatic rings. The maximum absolute atomic E-state index is 12.1. The molecule has 1 aliphatic heterocycles. The van der Waals surface area contributed by atoms with E-state index in [0.717, 1.165) is 19.5 Å². The molecule has 2 N–H and O–H groups in total. The number of benzene rings is 1. The molecule has 0 aliphatic carbocycles. The van der Waals surface area contributed by atoms with Gasteiger partial charge in [0, 0.05) is 17.5 Å². The highest BCUT2D eigenvalue weighted by molar-refractivity contribution is 7.97. The topological polar surface area (TPSA) is 33.3 Å². The number of hydrogen-bond acceptors (Lipinski definition) is 4. The molecule has 1 saturated heterocycles. The summed E-state index contributed by atoms with van der Waals surface area (Å²) in [6.45, 7) is 1.82. The molecule has 1 aromatic rings. The van der Waals surface area contributed by atoms with Gasteiger partial charge in [-0.1, -0.05) is 6.07 Å².